The van der Waals surface area contributed by atoms with Crippen molar-refractivity contribution in [3.63, 3.8) is 0 Å². The Morgan fingerprint density at radius 3 is 2.83 bits per heavy atom. The molecule has 0 heterocycles. The summed E-state index contributed by atoms with van der Waals surface area (Å²) in [7, 11) is 0. The van der Waals surface area contributed by atoms with Crippen LogP contribution in [0.1, 0.15) is 37.2 Å². The minimum Gasteiger partial charge on any atom is -0.461 e. The first-order valence-electron chi connectivity index (χ1n) is 7.84. The van der Waals surface area contributed by atoms with Gasteiger partial charge in [-0.3, -0.25) is 0 Å². The first kappa shape index (κ1) is 16.0. The highest BCUT2D eigenvalue weighted by Gasteiger charge is 2.43. The molecular weight excluding hydrogens is 307 g/mol. The molecule has 0 radical (unpaired) electrons. The van der Waals surface area contributed by atoms with E-state index in [0.29, 0.717) is 17.9 Å². The largest absolute Gasteiger partial charge is 0.461 e. The fraction of sp³-hybridized carbons (Fsp3) is 0.562. The summed E-state index contributed by atoms with van der Waals surface area (Å²) < 4.78 is 43.2. The monoisotopic (exact) mass is 327 g/mol. The van der Waals surface area contributed by atoms with E-state index in [1.165, 1.54) is 25.3 Å². The lowest BCUT2D eigenvalue weighted by molar-refractivity contribution is 0.152. The topological polar surface area (TPSA) is 59.6 Å². The van der Waals surface area contributed by atoms with Gasteiger partial charge in [0, 0.05) is 18.2 Å². The predicted octanol–water partition coefficient (Wildman–Crippen LogP) is 3.45. The summed E-state index contributed by atoms with van der Waals surface area (Å²) in [6.07, 6.45) is 3.91. The van der Waals surface area contributed by atoms with E-state index in [0.717, 1.165) is 12.2 Å². The van der Waals surface area contributed by atoms with E-state index in [-0.39, 0.29) is 11.7 Å². The van der Waals surface area contributed by atoms with E-state index in [9.17, 15) is 13.2 Å². The number of nitrogens with zero attached hydrogens (tertiary/aromatic N) is 1. The lowest BCUT2D eigenvalue weighted by Crippen LogP contribution is -2.21. The van der Waals surface area contributed by atoms with Gasteiger partial charge in [0.25, 0.3) is 6.02 Å². The molecule has 2 fully saturated rings. The van der Waals surface area contributed by atoms with Crippen LogP contribution < -0.4 is 11.1 Å². The predicted molar refractivity (Wildman–Crippen MR) is 82.1 cm³/mol. The van der Waals surface area contributed by atoms with Crippen LogP contribution in [0, 0.1) is 11.7 Å². The normalized spacial score (nSPS) is 24.4. The van der Waals surface area contributed by atoms with Gasteiger partial charge in [-0.1, -0.05) is 6.42 Å². The van der Waals surface area contributed by atoms with Crippen LogP contribution in [0.2, 0.25) is 0 Å². The quantitative estimate of drug-likeness (QED) is 0.478. The van der Waals surface area contributed by atoms with Gasteiger partial charge in [0.1, 0.15) is 11.9 Å². The lowest BCUT2D eigenvalue weighted by Gasteiger charge is -2.26. The summed E-state index contributed by atoms with van der Waals surface area (Å²) in [4.78, 5) is 2.82. The maximum Gasteiger partial charge on any atom is 0.336 e. The molecule has 0 saturated heterocycles. The molecule has 0 bridgehead atoms. The molecule has 7 heteroatoms. The highest BCUT2D eigenvalue weighted by Crippen LogP contribution is 2.45. The number of hydrogen-bond donors (Lipinski definition) is 2. The minimum absolute atomic E-state index is 0.174. The standard InChI is InChI=1S/C16H20F3N3O/c17-13-5-4-10(21-8-9-2-1-3-9)6-11(13)12-7-14(12)23-16(20)22-15(18)19/h4-6,9,12,14-15,21H,1-3,7-8H2,(H2,20,22)/t12-,14-/m1/s1. The zero-order chi connectivity index (χ0) is 16.4. The van der Waals surface area contributed by atoms with Crippen LogP contribution in [0.4, 0.5) is 18.9 Å². The molecule has 2 aliphatic carbocycles. The van der Waals surface area contributed by atoms with Crippen molar-refractivity contribution in [2.75, 3.05) is 11.9 Å². The number of aliphatic imine (C=N–C) groups is 1. The minimum atomic E-state index is -2.90. The second-order valence-corrected chi connectivity index (χ2v) is 6.16. The number of ether oxygens (including phenoxy) is 1. The first-order chi connectivity index (χ1) is 11.0. The van der Waals surface area contributed by atoms with Crippen LogP contribution in [0.5, 0.6) is 0 Å². The van der Waals surface area contributed by atoms with Gasteiger partial charge in [-0.25, -0.2) is 4.39 Å². The molecule has 2 saturated carbocycles. The summed E-state index contributed by atoms with van der Waals surface area (Å²) in [6.45, 7) is -2.01. The van der Waals surface area contributed by atoms with Crippen molar-refractivity contribution in [2.24, 2.45) is 16.6 Å². The molecule has 0 aromatic heterocycles. The van der Waals surface area contributed by atoms with Gasteiger partial charge in [-0.05, 0) is 48.9 Å². The summed E-state index contributed by atoms with van der Waals surface area (Å²) in [5, 5.41) is 3.32. The zero-order valence-corrected chi connectivity index (χ0v) is 12.6. The number of rotatable bonds is 6. The van der Waals surface area contributed by atoms with Crippen molar-refractivity contribution in [3.05, 3.63) is 29.6 Å². The van der Waals surface area contributed by atoms with E-state index in [1.807, 2.05) is 0 Å². The van der Waals surface area contributed by atoms with Crippen LogP contribution in [0.15, 0.2) is 23.2 Å². The van der Waals surface area contributed by atoms with Crippen molar-refractivity contribution < 1.29 is 17.9 Å². The van der Waals surface area contributed by atoms with Crippen molar-refractivity contribution >= 4 is 11.7 Å². The molecule has 3 rings (SSSR count). The number of nitrogens with two attached hydrogens (primary N) is 1. The van der Waals surface area contributed by atoms with Gasteiger partial charge in [0.15, 0.2) is 0 Å². The molecule has 0 aliphatic heterocycles. The van der Waals surface area contributed by atoms with Crippen molar-refractivity contribution in [3.8, 4) is 0 Å². The molecule has 2 aliphatic rings. The second kappa shape index (κ2) is 6.68. The Morgan fingerprint density at radius 1 is 1.39 bits per heavy atom. The highest BCUT2D eigenvalue weighted by molar-refractivity contribution is 5.72. The van der Waals surface area contributed by atoms with E-state index in [2.05, 4.69) is 10.3 Å². The van der Waals surface area contributed by atoms with E-state index in [1.54, 1.807) is 12.1 Å². The van der Waals surface area contributed by atoms with Gasteiger partial charge >= 0.3 is 6.55 Å². The maximum atomic E-state index is 14.0. The first-order valence-corrected chi connectivity index (χ1v) is 7.84. The third-order valence-corrected chi connectivity index (χ3v) is 4.44. The lowest BCUT2D eigenvalue weighted by atomic mass is 9.85. The summed E-state index contributed by atoms with van der Waals surface area (Å²) >= 11 is 0. The average molecular weight is 327 g/mol. The van der Waals surface area contributed by atoms with Crippen LogP contribution in [-0.2, 0) is 4.74 Å². The van der Waals surface area contributed by atoms with Crippen molar-refractivity contribution in [1.29, 1.82) is 0 Å². The maximum absolute atomic E-state index is 14.0. The fourth-order valence-electron chi connectivity index (χ4n) is 2.81. The number of anilines is 1. The summed E-state index contributed by atoms with van der Waals surface area (Å²) in [6, 6.07) is 4.35. The van der Waals surface area contributed by atoms with Gasteiger partial charge in [-0.15, -0.1) is 0 Å². The molecule has 1 aromatic rings. The van der Waals surface area contributed by atoms with Gasteiger partial charge in [-0.2, -0.15) is 13.8 Å². The molecule has 1 aromatic carbocycles. The van der Waals surface area contributed by atoms with Crippen LogP contribution in [-0.4, -0.2) is 25.2 Å². The third kappa shape index (κ3) is 4.09. The van der Waals surface area contributed by atoms with Gasteiger partial charge in [0.05, 0.1) is 0 Å². The second-order valence-electron chi connectivity index (χ2n) is 6.16. The third-order valence-electron chi connectivity index (χ3n) is 4.44. The Labute approximate surface area is 132 Å². The Bertz CT molecular complexity index is 590. The number of halogens is 3. The smallest absolute Gasteiger partial charge is 0.336 e. The van der Waals surface area contributed by atoms with Gasteiger partial charge < -0.3 is 15.8 Å². The highest BCUT2D eigenvalue weighted by atomic mass is 19.3. The molecular formula is C16H20F3N3O. The van der Waals surface area contributed by atoms with Gasteiger partial charge in [0.2, 0.25) is 0 Å². The number of amidine groups is 1. The Morgan fingerprint density at radius 2 is 2.17 bits per heavy atom. The molecule has 23 heavy (non-hydrogen) atoms. The van der Waals surface area contributed by atoms with Crippen LogP contribution >= 0.6 is 0 Å². The Kier molecular flexibility index (Phi) is 4.63. The van der Waals surface area contributed by atoms with E-state index in [4.69, 9.17) is 10.5 Å². The molecule has 126 valence electrons. The van der Waals surface area contributed by atoms with Crippen LogP contribution in [0.3, 0.4) is 0 Å². The van der Waals surface area contributed by atoms with E-state index >= 15 is 0 Å². The Balaban J connectivity index is 1.59. The molecule has 0 amide bonds. The van der Waals surface area contributed by atoms with Crippen molar-refractivity contribution in [2.45, 2.75) is 44.3 Å². The summed E-state index contributed by atoms with van der Waals surface area (Å²) in [5.41, 5.74) is 6.66. The number of nitrogens with one attached hydrogen (secondary N) is 1. The van der Waals surface area contributed by atoms with Crippen LogP contribution in [0.25, 0.3) is 0 Å². The number of alkyl halides is 2. The molecule has 2 atom stereocenters. The summed E-state index contributed by atoms with van der Waals surface area (Å²) in [5.74, 6) is 0.206. The number of hydrogen-bond acceptors (Lipinski definition) is 3. The molecule has 0 spiro atoms. The average Bonchev–Trinajstić information content (AvgIpc) is 3.16. The molecule has 4 nitrogen and oxygen atoms in total. The SMILES string of the molecule is N/C(=N/C(F)F)O[C@@H]1C[C@@H]1c1cc(NCC2CCC2)ccc1F. The number of benzene rings is 1. The molecule has 0 unspecified atom stereocenters. The van der Waals surface area contributed by atoms with E-state index < -0.39 is 18.7 Å². The molecule has 3 N–H and O–H groups in total. The fourth-order valence-corrected chi connectivity index (χ4v) is 2.81. The van der Waals surface area contributed by atoms with Crippen molar-refractivity contribution in [1.82, 2.24) is 0 Å². The Hall–Kier alpha value is -1.92. The zero-order valence-electron chi connectivity index (χ0n) is 12.6.